The van der Waals surface area contributed by atoms with Crippen molar-refractivity contribution >= 4 is 13.7 Å². The third-order valence-electron chi connectivity index (χ3n) is 11.0. The Labute approximate surface area is 377 Å². The Hall–Kier alpha value is -1.80. The van der Waals surface area contributed by atoms with Gasteiger partial charge in [0.2, 0.25) is 5.91 Å². The second-order valence-electron chi connectivity index (χ2n) is 18.1. The summed E-state index contributed by atoms with van der Waals surface area (Å²) in [6.45, 7) is 4.60. The third-order valence-corrected chi connectivity index (χ3v) is 12.0. The molecule has 1 amide bonds. The van der Waals surface area contributed by atoms with Gasteiger partial charge < -0.3 is 28.8 Å². The first kappa shape index (κ1) is 59.2. The number of nitrogens with zero attached hydrogens (tertiary/aromatic N) is 1. The SMILES string of the molecule is CC/C=C\C/C=C\C/C=C\C/C=C\C/C=C\CCCCCCCCCCCC(=O)NC(COP(=O)([O-])OCC[N+](C)(C)C)C(O)CCCCCCCCCCCCCCCC. The lowest BCUT2D eigenvalue weighted by molar-refractivity contribution is -0.870. The third kappa shape index (κ3) is 46.0. The van der Waals surface area contributed by atoms with Crippen LogP contribution in [0.25, 0.3) is 0 Å². The summed E-state index contributed by atoms with van der Waals surface area (Å²) in [5, 5.41) is 13.9. The number of hydrogen-bond acceptors (Lipinski definition) is 6. The minimum Gasteiger partial charge on any atom is -0.756 e. The van der Waals surface area contributed by atoms with Crippen molar-refractivity contribution in [2.75, 3.05) is 40.9 Å². The largest absolute Gasteiger partial charge is 0.756 e. The van der Waals surface area contributed by atoms with Gasteiger partial charge in [0.05, 0.1) is 39.9 Å². The number of carbonyl (C=O) groups excluding carboxylic acids is 1. The van der Waals surface area contributed by atoms with Gasteiger partial charge >= 0.3 is 0 Å². The molecule has 61 heavy (non-hydrogen) atoms. The number of likely N-dealkylation sites (N-methyl/N-ethyl adjacent to an activating group) is 1. The van der Waals surface area contributed by atoms with Crippen LogP contribution >= 0.6 is 7.82 Å². The van der Waals surface area contributed by atoms with E-state index in [1.165, 1.54) is 109 Å². The fraction of sp³-hybridized carbons (Fsp3) is 0.788. The van der Waals surface area contributed by atoms with Crippen LogP contribution in [0.4, 0.5) is 0 Å². The van der Waals surface area contributed by atoms with E-state index in [9.17, 15) is 19.4 Å². The highest BCUT2D eigenvalue weighted by molar-refractivity contribution is 7.45. The average Bonchev–Trinajstić information content (AvgIpc) is 3.21. The summed E-state index contributed by atoms with van der Waals surface area (Å²) in [6, 6.07) is -0.806. The zero-order chi connectivity index (χ0) is 45.0. The number of aliphatic hydroxyl groups excluding tert-OH is 1. The molecule has 0 aliphatic rings. The Balaban J connectivity index is 4.25. The summed E-state index contributed by atoms with van der Waals surface area (Å²) >= 11 is 0. The molecular weight excluding hydrogens is 780 g/mol. The topological polar surface area (TPSA) is 108 Å². The Kier molecular flexibility index (Phi) is 42.2. The molecular formula is C52H97N2O6P. The molecule has 0 bridgehead atoms. The van der Waals surface area contributed by atoms with Crippen LogP contribution in [0.1, 0.15) is 213 Å². The van der Waals surface area contributed by atoms with E-state index in [4.69, 9.17) is 9.05 Å². The maximum atomic E-state index is 12.9. The van der Waals surface area contributed by atoms with Gasteiger partial charge in [-0.15, -0.1) is 0 Å². The molecule has 0 fully saturated rings. The second-order valence-corrected chi connectivity index (χ2v) is 19.6. The van der Waals surface area contributed by atoms with Crippen molar-refractivity contribution in [2.45, 2.75) is 225 Å². The minimum atomic E-state index is -4.57. The molecule has 0 aromatic carbocycles. The summed E-state index contributed by atoms with van der Waals surface area (Å²) < 4.78 is 23.3. The highest BCUT2D eigenvalue weighted by atomic mass is 31.2. The molecule has 0 aromatic heterocycles. The molecule has 8 nitrogen and oxygen atoms in total. The maximum absolute atomic E-state index is 12.9. The van der Waals surface area contributed by atoms with E-state index in [0.717, 1.165) is 77.0 Å². The standard InChI is InChI=1S/C52H97N2O6P/c1-6-8-10-12-14-16-18-20-22-23-24-25-26-27-28-29-30-31-32-34-36-38-40-42-44-46-52(56)53-50(49-60-61(57,58)59-48-47-54(3,4)5)51(55)45-43-41-39-37-35-33-21-19-17-15-13-11-9-7-2/h8,10,14,16,20,22,24-25,27-28,50-51,55H,6-7,9,11-13,15,17-19,21,23,26,29-49H2,1-5H3,(H-,53,56,57,58)/b10-8-,16-14-,22-20-,25-24-,28-27-. The monoisotopic (exact) mass is 877 g/mol. The number of rotatable bonds is 45. The van der Waals surface area contributed by atoms with Gasteiger partial charge in [0.1, 0.15) is 13.2 Å². The first-order valence-corrected chi connectivity index (χ1v) is 26.6. The van der Waals surface area contributed by atoms with Gasteiger partial charge in [-0.25, -0.2) is 0 Å². The van der Waals surface area contributed by atoms with Gasteiger partial charge in [0, 0.05) is 6.42 Å². The van der Waals surface area contributed by atoms with Gasteiger partial charge in [0.15, 0.2) is 0 Å². The lowest BCUT2D eigenvalue weighted by Gasteiger charge is -2.30. The number of quaternary nitrogens is 1. The van der Waals surface area contributed by atoms with Crippen molar-refractivity contribution in [3.05, 3.63) is 60.8 Å². The zero-order valence-electron chi connectivity index (χ0n) is 40.4. The molecule has 0 aromatic rings. The molecule has 0 aliphatic carbocycles. The lowest BCUT2D eigenvalue weighted by atomic mass is 10.0. The summed E-state index contributed by atoms with van der Waals surface area (Å²) in [6.07, 6.45) is 56.5. The molecule has 3 unspecified atom stereocenters. The van der Waals surface area contributed by atoms with Gasteiger partial charge in [0.25, 0.3) is 7.82 Å². The summed E-state index contributed by atoms with van der Waals surface area (Å²) in [4.78, 5) is 25.4. The van der Waals surface area contributed by atoms with Gasteiger partial charge in [-0.2, -0.15) is 0 Å². The van der Waals surface area contributed by atoms with Crippen molar-refractivity contribution < 1.29 is 32.9 Å². The molecule has 2 N–H and O–H groups in total. The van der Waals surface area contributed by atoms with E-state index in [0.29, 0.717) is 23.9 Å². The number of phosphoric ester groups is 1. The van der Waals surface area contributed by atoms with E-state index in [1.54, 1.807) is 0 Å². The molecule has 3 atom stereocenters. The number of amides is 1. The number of hydrogen-bond donors (Lipinski definition) is 2. The van der Waals surface area contributed by atoms with Crippen LogP contribution in [0, 0.1) is 0 Å². The molecule has 9 heteroatoms. The Morgan fingerprint density at radius 1 is 0.590 bits per heavy atom. The fourth-order valence-corrected chi connectivity index (χ4v) is 7.79. The molecule has 356 valence electrons. The minimum absolute atomic E-state index is 0.00864. The van der Waals surface area contributed by atoms with E-state index in [-0.39, 0.29) is 19.1 Å². The Bertz CT molecular complexity index is 1180. The number of allylic oxidation sites excluding steroid dienone is 10. The van der Waals surface area contributed by atoms with Gasteiger partial charge in [-0.3, -0.25) is 9.36 Å². The Morgan fingerprint density at radius 2 is 1.00 bits per heavy atom. The normalized spacial score (nSPS) is 14.7. The first-order valence-electron chi connectivity index (χ1n) is 25.1. The van der Waals surface area contributed by atoms with E-state index < -0.39 is 20.0 Å². The first-order chi connectivity index (χ1) is 29.5. The summed E-state index contributed by atoms with van der Waals surface area (Å²) in [5.74, 6) is -0.173. The van der Waals surface area contributed by atoms with Crippen LogP contribution in [0.15, 0.2) is 60.8 Å². The van der Waals surface area contributed by atoms with Crippen molar-refractivity contribution in [3.8, 4) is 0 Å². The van der Waals surface area contributed by atoms with Gasteiger partial charge in [-0.05, 0) is 57.8 Å². The number of aliphatic hydroxyl groups is 1. The van der Waals surface area contributed by atoms with E-state index in [1.807, 2.05) is 21.1 Å². The molecule has 0 saturated heterocycles. The Morgan fingerprint density at radius 3 is 1.46 bits per heavy atom. The quantitative estimate of drug-likeness (QED) is 0.0273. The predicted octanol–water partition coefficient (Wildman–Crippen LogP) is 14.0. The molecule has 0 heterocycles. The number of nitrogens with one attached hydrogen (secondary N) is 1. The number of phosphoric acid groups is 1. The van der Waals surface area contributed by atoms with E-state index in [2.05, 4.69) is 79.9 Å². The number of unbranched alkanes of at least 4 members (excludes halogenated alkanes) is 22. The molecule has 0 aliphatic heterocycles. The highest BCUT2D eigenvalue weighted by Crippen LogP contribution is 2.38. The smallest absolute Gasteiger partial charge is 0.268 e. The average molecular weight is 877 g/mol. The molecule has 0 rings (SSSR count). The molecule has 0 spiro atoms. The zero-order valence-corrected chi connectivity index (χ0v) is 41.2. The fourth-order valence-electron chi connectivity index (χ4n) is 7.07. The van der Waals surface area contributed by atoms with Crippen molar-refractivity contribution in [3.63, 3.8) is 0 Å². The van der Waals surface area contributed by atoms with Crippen LogP contribution in [0.2, 0.25) is 0 Å². The van der Waals surface area contributed by atoms with Crippen molar-refractivity contribution in [1.82, 2.24) is 5.32 Å². The van der Waals surface area contributed by atoms with Crippen LogP contribution in [0.5, 0.6) is 0 Å². The van der Waals surface area contributed by atoms with Crippen LogP contribution in [0.3, 0.4) is 0 Å². The molecule has 0 saturated carbocycles. The summed E-state index contributed by atoms with van der Waals surface area (Å²) in [5.41, 5.74) is 0. The summed E-state index contributed by atoms with van der Waals surface area (Å²) in [7, 11) is 1.29. The lowest BCUT2D eigenvalue weighted by Crippen LogP contribution is -2.46. The predicted molar refractivity (Wildman–Crippen MR) is 261 cm³/mol. The van der Waals surface area contributed by atoms with Crippen LogP contribution in [-0.4, -0.2) is 68.5 Å². The maximum Gasteiger partial charge on any atom is 0.268 e. The highest BCUT2D eigenvalue weighted by Gasteiger charge is 2.24. The van der Waals surface area contributed by atoms with Crippen LogP contribution in [-0.2, 0) is 18.4 Å². The van der Waals surface area contributed by atoms with Gasteiger partial charge in [-0.1, -0.05) is 209 Å². The van der Waals surface area contributed by atoms with Crippen LogP contribution < -0.4 is 10.2 Å². The molecule has 0 radical (unpaired) electrons. The number of carbonyl (C=O) groups is 1. The van der Waals surface area contributed by atoms with E-state index >= 15 is 0 Å². The second kappa shape index (κ2) is 43.5. The van der Waals surface area contributed by atoms with Crippen molar-refractivity contribution in [2.24, 2.45) is 0 Å². The van der Waals surface area contributed by atoms with Crippen molar-refractivity contribution in [1.29, 1.82) is 0 Å².